The molecule has 0 aromatic heterocycles. The van der Waals surface area contributed by atoms with E-state index in [2.05, 4.69) is 89.7 Å². The van der Waals surface area contributed by atoms with Crippen LogP contribution < -0.4 is 0 Å². The van der Waals surface area contributed by atoms with E-state index >= 15 is 0 Å². The van der Waals surface area contributed by atoms with E-state index < -0.39 is 0 Å². The lowest BCUT2D eigenvalue weighted by atomic mass is 9.91. The summed E-state index contributed by atoms with van der Waals surface area (Å²) in [5, 5.41) is 0. The highest BCUT2D eigenvalue weighted by Gasteiger charge is 3.00. The van der Waals surface area contributed by atoms with Crippen LogP contribution in [-0.4, -0.2) is 23.1 Å². The van der Waals surface area contributed by atoms with Crippen LogP contribution in [0.5, 0.6) is 0 Å². The highest BCUT2D eigenvalue weighted by Crippen LogP contribution is 2.89. The quantitative estimate of drug-likeness (QED) is 0.401. The monoisotopic (exact) mass is 448 g/mol. The third-order valence-electron chi connectivity index (χ3n) is 3.79. The van der Waals surface area contributed by atoms with Gasteiger partial charge >= 0.3 is 0 Å². The van der Waals surface area contributed by atoms with Gasteiger partial charge < -0.3 is 4.74 Å². The Morgan fingerprint density at radius 1 is 0.857 bits per heavy atom. The summed E-state index contributed by atoms with van der Waals surface area (Å²) in [4.78, 5) is 0. The maximum absolute atomic E-state index is 6.09. The van der Waals surface area contributed by atoms with Crippen molar-refractivity contribution < 1.29 is 4.74 Å². The van der Waals surface area contributed by atoms with E-state index in [0.717, 1.165) is 0 Å². The fourth-order valence-corrected chi connectivity index (χ4v) is 9.02. The van der Waals surface area contributed by atoms with Crippen LogP contribution in [0.2, 0.25) is 0 Å². The van der Waals surface area contributed by atoms with E-state index in [0.29, 0.717) is 0 Å². The lowest BCUT2D eigenvalue weighted by Gasteiger charge is -2.30. The van der Waals surface area contributed by atoms with E-state index in [1.54, 1.807) is 0 Å². The van der Waals surface area contributed by atoms with Gasteiger partial charge in [0.05, 0.1) is 0 Å². The van der Waals surface area contributed by atoms with Gasteiger partial charge in [-0.05, 0) is 13.8 Å². The Hall–Kier alpha value is 1.62. The molecular formula is C9H8Br4O. The van der Waals surface area contributed by atoms with Crippen LogP contribution in [0.15, 0.2) is 12.2 Å². The van der Waals surface area contributed by atoms with E-state index in [1.807, 2.05) is 0 Å². The van der Waals surface area contributed by atoms with Crippen LogP contribution in [-0.2, 0) is 4.74 Å². The SMILES string of the molecule is C[C@]12C=C[C@](C)(O1)[C@]1(Br)C(Br)(Br)[C@@]12Br. The molecule has 1 nitrogen and oxygen atoms in total. The first kappa shape index (κ1) is 10.8. The highest BCUT2D eigenvalue weighted by molar-refractivity contribution is 9.28. The van der Waals surface area contributed by atoms with Crippen molar-refractivity contribution in [3.63, 3.8) is 0 Å². The molecule has 0 amide bonds. The highest BCUT2D eigenvalue weighted by atomic mass is 79.9. The average Bonchev–Trinajstić information content (AvgIpc) is 2.40. The lowest BCUT2D eigenvalue weighted by Crippen LogP contribution is -2.39. The van der Waals surface area contributed by atoms with E-state index in [4.69, 9.17) is 4.74 Å². The second-order valence-corrected chi connectivity index (χ2v) is 10.4. The summed E-state index contributed by atoms with van der Waals surface area (Å²) in [6.07, 6.45) is 4.29. The molecule has 3 rings (SSSR count). The van der Waals surface area contributed by atoms with Gasteiger partial charge in [0, 0.05) is 0 Å². The molecule has 1 aliphatic carbocycles. The van der Waals surface area contributed by atoms with Crippen LogP contribution in [0, 0.1) is 0 Å². The van der Waals surface area contributed by atoms with Crippen LogP contribution >= 0.6 is 63.7 Å². The molecule has 0 radical (unpaired) electrons. The minimum absolute atomic E-state index is 0.135. The molecule has 1 saturated carbocycles. The molecule has 14 heavy (non-hydrogen) atoms. The van der Waals surface area contributed by atoms with Crippen molar-refractivity contribution in [1.82, 2.24) is 0 Å². The molecule has 1 saturated heterocycles. The predicted octanol–water partition coefficient (Wildman–Crippen LogP) is 3.87. The van der Waals surface area contributed by atoms with Gasteiger partial charge in [-0.2, -0.15) is 0 Å². The lowest BCUT2D eigenvalue weighted by molar-refractivity contribution is -0.0329. The van der Waals surface area contributed by atoms with Gasteiger partial charge in [-0.1, -0.05) is 75.9 Å². The first-order valence-electron chi connectivity index (χ1n) is 4.32. The molecular weight excluding hydrogens is 444 g/mol. The molecule has 0 spiro atoms. The first-order valence-corrected chi connectivity index (χ1v) is 7.50. The van der Waals surface area contributed by atoms with Crippen LogP contribution in [0.25, 0.3) is 0 Å². The fraction of sp³-hybridized carbons (Fsp3) is 0.778. The summed E-state index contributed by atoms with van der Waals surface area (Å²) in [6.45, 7) is 4.22. The minimum Gasteiger partial charge on any atom is -0.358 e. The van der Waals surface area contributed by atoms with E-state index in [1.165, 1.54) is 0 Å². The van der Waals surface area contributed by atoms with Crippen molar-refractivity contribution in [3.8, 4) is 0 Å². The summed E-state index contributed by atoms with van der Waals surface area (Å²) < 4.78 is 5.65. The largest absolute Gasteiger partial charge is 0.358 e. The Labute approximate surface area is 117 Å². The summed E-state index contributed by atoms with van der Waals surface area (Å²) in [5.41, 5.74) is -0.531. The molecule has 3 aliphatic rings. The Morgan fingerprint density at radius 2 is 1.21 bits per heavy atom. The van der Waals surface area contributed by atoms with Gasteiger partial charge in [0.15, 0.2) is 0 Å². The van der Waals surface area contributed by atoms with E-state index in [-0.39, 0.29) is 23.1 Å². The molecule has 0 aromatic carbocycles. The molecule has 2 heterocycles. The van der Waals surface area contributed by atoms with Crippen molar-refractivity contribution in [2.24, 2.45) is 0 Å². The number of hydrogen-bond donors (Lipinski definition) is 0. The van der Waals surface area contributed by atoms with E-state index in [9.17, 15) is 0 Å². The zero-order valence-electron chi connectivity index (χ0n) is 7.57. The molecule has 0 N–H and O–H groups in total. The van der Waals surface area contributed by atoms with Crippen LogP contribution in [0.3, 0.4) is 0 Å². The third-order valence-corrected chi connectivity index (χ3v) is 12.8. The number of ether oxygens (including phenoxy) is 1. The second kappa shape index (κ2) is 2.26. The molecule has 2 aliphatic heterocycles. The number of halogens is 4. The van der Waals surface area contributed by atoms with Crippen molar-refractivity contribution in [3.05, 3.63) is 12.2 Å². The standard InChI is InChI=1S/C9H8Br4O/c1-5-3-4-6(2,14-5)8(11)7(5,10)9(8,12)13/h3-4H,1-2H3/t5-,6+,7+,8-. The number of hydrogen-bond acceptors (Lipinski definition) is 1. The van der Waals surface area contributed by atoms with Crippen LogP contribution in [0.4, 0.5) is 0 Å². The van der Waals surface area contributed by atoms with Gasteiger partial charge in [-0.3, -0.25) is 0 Å². The number of fused-ring (bicyclic) bond motifs is 5. The Kier molecular flexibility index (Phi) is 1.74. The fourth-order valence-electron chi connectivity index (χ4n) is 2.92. The number of alkyl halides is 4. The molecule has 0 unspecified atom stereocenters. The van der Waals surface area contributed by atoms with Crippen molar-refractivity contribution in [2.45, 2.75) is 36.9 Å². The molecule has 78 valence electrons. The van der Waals surface area contributed by atoms with Crippen molar-refractivity contribution in [2.75, 3.05) is 0 Å². The normalized spacial score (nSPS) is 67.0. The van der Waals surface area contributed by atoms with Gasteiger partial charge in [0.1, 0.15) is 23.1 Å². The first-order chi connectivity index (χ1) is 6.16. The van der Waals surface area contributed by atoms with Crippen LogP contribution in [0.1, 0.15) is 13.8 Å². The molecule has 4 atom stereocenters. The second-order valence-electron chi connectivity index (χ2n) is 4.54. The maximum atomic E-state index is 6.09. The molecule has 2 bridgehead atoms. The topological polar surface area (TPSA) is 9.23 Å². The Bertz CT molecular complexity index is 349. The predicted molar refractivity (Wildman–Crippen MR) is 70.9 cm³/mol. The molecule has 0 aromatic rings. The van der Waals surface area contributed by atoms with Gasteiger partial charge in [-0.15, -0.1) is 0 Å². The molecule has 2 fully saturated rings. The maximum Gasteiger partial charge on any atom is 0.120 e. The third kappa shape index (κ3) is 0.653. The summed E-state index contributed by atoms with van der Waals surface area (Å²) in [6, 6.07) is 0. The Morgan fingerprint density at radius 3 is 1.50 bits per heavy atom. The Balaban J connectivity index is 2.29. The zero-order valence-corrected chi connectivity index (χ0v) is 13.9. The summed E-state index contributed by atoms with van der Waals surface area (Å²) >= 11 is 15.1. The van der Waals surface area contributed by atoms with Gasteiger partial charge in [0.2, 0.25) is 0 Å². The van der Waals surface area contributed by atoms with Crippen molar-refractivity contribution in [1.29, 1.82) is 0 Å². The number of rotatable bonds is 0. The summed E-state index contributed by atoms with van der Waals surface area (Å²) in [5.74, 6) is 0. The smallest absolute Gasteiger partial charge is 0.120 e. The zero-order chi connectivity index (χ0) is 10.6. The van der Waals surface area contributed by atoms with Gasteiger partial charge in [0.25, 0.3) is 0 Å². The van der Waals surface area contributed by atoms with Gasteiger partial charge in [-0.25, -0.2) is 0 Å². The minimum atomic E-state index is -0.266. The molecule has 5 heteroatoms. The average molecular weight is 452 g/mol. The summed E-state index contributed by atoms with van der Waals surface area (Å²) in [7, 11) is 0. The van der Waals surface area contributed by atoms with Crippen molar-refractivity contribution >= 4 is 63.7 Å².